The van der Waals surface area contributed by atoms with Gasteiger partial charge in [-0.3, -0.25) is 4.79 Å². The lowest BCUT2D eigenvalue weighted by atomic mass is 9.94. The van der Waals surface area contributed by atoms with E-state index in [0.29, 0.717) is 5.56 Å². The second kappa shape index (κ2) is 10.1. The number of likely N-dealkylation sites (tertiary alicyclic amines) is 1. The van der Waals surface area contributed by atoms with E-state index in [4.69, 9.17) is 5.73 Å². The zero-order valence-electron chi connectivity index (χ0n) is 18.5. The van der Waals surface area contributed by atoms with Gasteiger partial charge < -0.3 is 15.2 Å². The molecule has 0 spiro atoms. The van der Waals surface area contributed by atoms with E-state index >= 15 is 0 Å². The summed E-state index contributed by atoms with van der Waals surface area (Å²) in [6.45, 7) is 10.8. The highest BCUT2D eigenvalue weighted by Gasteiger charge is 2.25. The molecular formula is C25H37N3O. The molecule has 4 heteroatoms. The molecule has 4 nitrogen and oxygen atoms in total. The van der Waals surface area contributed by atoms with E-state index in [1.807, 2.05) is 0 Å². The van der Waals surface area contributed by atoms with E-state index < -0.39 is 0 Å². The number of aromatic nitrogens is 1. The second-order valence-electron chi connectivity index (χ2n) is 8.47. The number of carbonyl (C=O) groups is 1. The molecular weight excluding hydrogens is 358 g/mol. The van der Waals surface area contributed by atoms with E-state index in [1.165, 1.54) is 56.5 Å². The third kappa shape index (κ3) is 4.92. The van der Waals surface area contributed by atoms with Crippen LogP contribution < -0.4 is 5.73 Å². The fourth-order valence-corrected chi connectivity index (χ4v) is 4.77. The van der Waals surface area contributed by atoms with Gasteiger partial charge >= 0.3 is 0 Å². The maximum atomic E-state index is 12.5. The molecule has 0 saturated carbocycles. The highest BCUT2D eigenvalue weighted by Crippen LogP contribution is 2.35. The van der Waals surface area contributed by atoms with Crippen LogP contribution in [0.2, 0.25) is 0 Å². The Morgan fingerprint density at radius 1 is 1.03 bits per heavy atom. The van der Waals surface area contributed by atoms with Crippen molar-refractivity contribution in [1.29, 1.82) is 0 Å². The summed E-state index contributed by atoms with van der Waals surface area (Å²) in [5.74, 6) is -0.311. The van der Waals surface area contributed by atoms with Crippen LogP contribution in [0.4, 0.5) is 0 Å². The number of hydrogen-bond acceptors (Lipinski definition) is 2. The molecule has 0 bridgehead atoms. The van der Waals surface area contributed by atoms with Crippen molar-refractivity contribution >= 4 is 5.91 Å². The van der Waals surface area contributed by atoms with Crippen LogP contribution in [0.15, 0.2) is 24.3 Å². The van der Waals surface area contributed by atoms with Gasteiger partial charge in [-0.15, -0.1) is 0 Å². The number of benzene rings is 1. The van der Waals surface area contributed by atoms with Crippen molar-refractivity contribution in [2.24, 2.45) is 5.73 Å². The van der Waals surface area contributed by atoms with E-state index in [1.54, 1.807) is 0 Å². The molecule has 1 aromatic carbocycles. The van der Waals surface area contributed by atoms with Crippen LogP contribution in [-0.4, -0.2) is 35.0 Å². The molecule has 1 amide bonds. The van der Waals surface area contributed by atoms with Crippen LogP contribution in [-0.2, 0) is 13.0 Å². The largest absolute Gasteiger partial charge is 0.366 e. The maximum absolute atomic E-state index is 12.5. The molecule has 0 radical (unpaired) electrons. The predicted molar refractivity (Wildman–Crippen MR) is 121 cm³/mol. The Kier molecular flexibility index (Phi) is 7.54. The minimum atomic E-state index is -0.311. The monoisotopic (exact) mass is 395 g/mol. The average molecular weight is 396 g/mol. The van der Waals surface area contributed by atoms with Crippen molar-refractivity contribution in [3.05, 3.63) is 46.8 Å². The molecule has 158 valence electrons. The number of unbranched alkanes of at least 4 members (excludes halogenated alkanes) is 2. The summed E-state index contributed by atoms with van der Waals surface area (Å²) in [7, 11) is 0. The quantitative estimate of drug-likeness (QED) is 0.601. The number of hydrogen-bond donors (Lipinski definition) is 1. The highest BCUT2D eigenvalue weighted by atomic mass is 16.1. The standard InChI is InChI=1S/C25H37N3O/c1-4-5-7-14-22-24(21-13-9-8-12-19(21)2)23(25(26)29)20(3)28(22)18-17-27-15-10-6-11-16-27/h8-9,12-13H,4-7,10-11,14-18H2,1-3H3,(H2,26,29). The lowest BCUT2D eigenvalue weighted by Crippen LogP contribution is -2.33. The summed E-state index contributed by atoms with van der Waals surface area (Å²) in [6.07, 6.45) is 8.48. The summed E-state index contributed by atoms with van der Waals surface area (Å²) in [6, 6.07) is 8.37. The highest BCUT2D eigenvalue weighted by molar-refractivity contribution is 6.02. The van der Waals surface area contributed by atoms with Crippen molar-refractivity contribution in [3.8, 4) is 11.1 Å². The van der Waals surface area contributed by atoms with Crippen LogP contribution in [0.25, 0.3) is 11.1 Å². The number of piperidine rings is 1. The number of primary amides is 1. The van der Waals surface area contributed by atoms with Gasteiger partial charge in [0.25, 0.3) is 5.91 Å². The van der Waals surface area contributed by atoms with Crippen LogP contribution in [0.1, 0.15) is 72.8 Å². The van der Waals surface area contributed by atoms with E-state index in [0.717, 1.165) is 42.8 Å². The van der Waals surface area contributed by atoms with Gasteiger partial charge in [0.15, 0.2) is 0 Å². The fraction of sp³-hybridized carbons (Fsp3) is 0.560. The summed E-state index contributed by atoms with van der Waals surface area (Å²) >= 11 is 0. The van der Waals surface area contributed by atoms with E-state index in [9.17, 15) is 4.79 Å². The van der Waals surface area contributed by atoms with Gasteiger partial charge in [-0.25, -0.2) is 0 Å². The average Bonchev–Trinajstić information content (AvgIpc) is 2.99. The third-order valence-corrected chi connectivity index (χ3v) is 6.40. The fourth-order valence-electron chi connectivity index (χ4n) is 4.77. The van der Waals surface area contributed by atoms with Gasteiger partial charge in [0.05, 0.1) is 5.56 Å². The van der Waals surface area contributed by atoms with Crippen molar-refractivity contribution in [2.45, 2.75) is 72.3 Å². The Hall–Kier alpha value is -2.07. The molecule has 2 N–H and O–H groups in total. The molecule has 0 atom stereocenters. The molecule has 3 rings (SSSR count). The van der Waals surface area contributed by atoms with Crippen LogP contribution in [0.5, 0.6) is 0 Å². The zero-order valence-corrected chi connectivity index (χ0v) is 18.5. The van der Waals surface area contributed by atoms with Crippen molar-refractivity contribution in [3.63, 3.8) is 0 Å². The molecule has 1 saturated heterocycles. The van der Waals surface area contributed by atoms with Crippen LogP contribution in [0.3, 0.4) is 0 Å². The first-order valence-electron chi connectivity index (χ1n) is 11.3. The second-order valence-corrected chi connectivity index (χ2v) is 8.47. The number of nitrogens with two attached hydrogens (primary N) is 1. The predicted octanol–water partition coefficient (Wildman–Crippen LogP) is 5.09. The van der Waals surface area contributed by atoms with Crippen LogP contribution in [0, 0.1) is 13.8 Å². The minimum absolute atomic E-state index is 0.311. The molecule has 29 heavy (non-hydrogen) atoms. The van der Waals surface area contributed by atoms with Crippen molar-refractivity contribution < 1.29 is 4.79 Å². The molecule has 1 aliphatic heterocycles. The number of aryl methyl sites for hydroxylation is 1. The summed E-state index contributed by atoms with van der Waals surface area (Å²) in [5, 5.41) is 0. The first-order chi connectivity index (χ1) is 14.0. The van der Waals surface area contributed by atoms with Gasteiger partial charge in [-0.1, -0.05) is 50.5 Å². The van der Waals surface area contributed by atoms with Crippen LogP contribution >= 0.6 is 0 Å². The summed E-state index contributed by atoms with van der Waals surface area (Å²) in [5.41, 5.74) is 12.4. The van der Waals surface area contributed by atoms with Gasteiger partial charge in [-0.05, 0) is 63.7 Å². The molecule has 1 aliphatic rings. The third-order valence-electron chi connectivity index (χ3n) is 6.40. The smallest absolute Gasteiger partial charge is 0.251 e. The Morgan fingerprint density at radius 2 is 1.76 bits per heavy atom. The molecule has 1 aromatic heterocycles. The minimum Gasteiger partial charge on any atom is -0.366 e. The maximum Gasteiger partial charge on any atom is 0.251 e. The Labute approximate surface area is 176 Å². The topological polar surface area (TPSA) is 51.3 Å². The molecule has 2 aromatic rings. The Bertz CT molecular complexity index is 831. The summed E-state index contributed by atoms with van der Waals surface area (Å²) < 4.78 is 2.39. The van der Waals surface area contributed by atoms with Gasteiger partial charge in [-0.2, -0.15) is 0 Å². The van der Waals surface area contributed by atoms with Gasteiger partial charge in [0, 0.05) is 30.0 Å². The number of rotatable bonds is 9. The molecule has 0 unspecified atom stereocenters. The number of amides is 1. The normalized spacial score (nSPS) is 15.0. The summed E-state index contributed by atoms with van der Waals surface area (Å²) in [4.78, 5) is 15.1. The molecule has 1 fully saturated rings. The van der Waals surface area contributed by atoms with Crippen molar-refractivity contribution in [2.75, 3.05) is 19.6 Å². The number of carbonyl (C=O) groups excluding carboxylic acids is 1. The molecule has 2 heterocycles. The lowest BCUT2D eigenvalue weighted by Gasteiger charge is -2.27. The number of nitrogens with zero attached hydrogens (tertiary/aromatic N) is 2. The lowest BCUT2D eigenvalue weighted by molar-refractivity contribution is 0.1000. The van der Waals surface area contributed by atoms with Crippen molar-refractivity contribution in [1.82, 2.24) is 9.47 Å². The molecule has 0 aliphatic carbocycles. The van der Waals surface area contributed by atoms with Gasteiger partial charge in [0.1, 0.15) is 0 Å². The Morgan fingerprint density at radius 3 is 2.41 bits per heavy atom. The Balaban J connectivity index is 2.04. The SMILES string of the molecule is CCCCCc1c(-c2ccccc2C)c(C(N)=O)c(C)n1CCN1CCCCC1. The zero-order chi connectivity index (χ0) is 20.8. The van der Waals surface area contributed by atoms with E-state index in [-0.39, 0.29) is 5.91 Å². The first-order valence-corrected chi connectivity index (χ1v) is 11.3. The van der Waals surface area contributed by atoms with Gasteiger partial charge in [0.2, 0.25) is 0 Å². The van der Waals surface area contributed by atoms with E-state index in [2.05, 4.69) is 54.5 Å². The first kappa shape index (κ1) is 21.6.